The second-order valence-corrected chi connectivity index (χ2v) is 9.93. The molecule has 0 unspecified atom stereocenters. The summed E-state index contributed by atoms with van der Waals surface area (Å²) in [6.07, 6.45) is 6.79. The molecular formula is C23H20Br2ClN3O3. The minimum Gasteiger partial charge on any atom is -0.425 e. The normalized spacial score (nSPS) is 14.9. The maximum atomic E-state index is 13.4. The summed E-state index contributed by atoms with van der Waals surface area (Å²) < 4.78 is 8.02. The van der Waals surface area contributed by atoms with Crippen LogP contribution in [0.4, 0.5) is 0 Å². The Morgan fingerprint density at radius 1 is 1.22 bits per heavy atom. The maximum absolute atomic E-state index is 13.4. The highest BCUT2D eigenvalue weighted by Gasteiger charge is 2.22. The lowest BCUT2D eigenvalue weighted by Crippen LogP contribution is -2.25. The Morgan fingerprint density at radius 3 is 2.69 bits per heavy atom. The minimum absolute atomic E-state index is 0.153. The summed E-state index contributed by atoms with van der Waals surface area (Å²) in [4.78, 5) is 29.8. The Kier molecular flexibility index (Phi) is 7.12. The first-order valence-corrected chi connectivity index (χ1v) is 12.2. The molecule has 0 saturated heterocycles. The van der Waals surface area contributed by atoms with Crippen molar-refractivity contribution in [2.75, 3.05) is 0 Å². The van der Waals surface area contributed by atoms with Crippen LogP contribution < -0.4 is 10.3 Å². The first-order valence-electron chi connectivity index (χ1n) is 10.3. The molecule has 0 radical (unpaired) electrons. The molecule has 166 valence electrons. The van der Waals surface area contributed by atoms with Crippen molar-refractivity contribution in [2.24, 2.45) is 5.10 Å². The van der Waals surface area contributed by atoms with Gasteiger partial charge in [0, 0.05) is 27.9 Å². The van der Waals surface area contributed by atoms with Crippen LogP contribution in [0.25, 0.3) is 10.9 Å². The lowest BCUT2D eigenvalue weighted by Gasteiger charge is -2.22. The first kappa shape index (κ1) is 23.1. The summed E-state index contributed by atoms with van der Waals surface area (Å²) in [5, 5.41) is 5.43. The van der Waals surface area contributed by atoms with Gasteiger partial charge < -0.3 is 4.74 Å². The van der Waals surface area contributed by atoms with Gasteiger partial charge in [-0.05, 0) is 59.1 Å². The largest absolute Gasteiger partial charge is 0.425 e. The van der Waals surface area contributed by atoms with Crippen LogP contribution in [-0.4, -0.2) is 21.8 Å². The van der Waals surface area contributed by atoms with Crippen molar-refractivity contribution in [3.63, 3.8) is 0 Å². The summed E-state index contributed by atoms with van der Waals surface area (Å²) in [7, 11) is 0. The molecule has 0 atom stereocenters. The van der Waals surface area contributed by atoms with Crippen molar-refractivity contribution < 1.29 is 9.53 Å². The lowest BCUT2D eigenvalue weighted by atomic mass is 9.88. The molecule has 32 heavy (non-hydrogen) atoms. The van der Waals surface area contributed by atoms with E-state index in [1.807, 2.05) is 12.1 Å². The molecule has 1 heterocycles. The van der Waals surface area contributed by atoms with Gasteiger partial charge in [-0.2, -0.15) is 9.78 Å². The predicted octanol–water partition coefficient (Wildman–Crippen LogP) is 6.43. The average Bonchev–Trinajstić information content (AvgIpc) is 2.76. The molecular weight excluding hydrogens is 562 g/mol. The van der Waals surface area contributed by atoms with Crippen LogP contribution in [0.15, 0.2) is 49.2 Å². The fraction of sp³-hybridized carbons (Fsp3) is 0.304. The highest BCUT2D eigenvalue weighted by Crippen LogP contribution is 2.33. The Bertz CT molecular complexity index is 1280. The molecule has 3 aromatic rings. The standard InChI is InChI=1S/C23H20Br2ClN3O3/c1-13(30)32-21-15(9-17(26)11-19(21)25)12-27-29-22(14-5-3-2-4-6-14)28-20-8-7-16(24)10-18(20)23(29)31/h7-12,14H,2-6H2,1H3. The van der Waals surface area contributed by atoms with E-state index < -0.39 is 5.97 Å². The lowest BCUT2D eigenvalue weighted by molar-refractivity contribution is -0.131. The second kappa shape index (κ2) is 9.85. The summed E-state index contributed by atoms with van der Waals surface area (Å²) in [5.74, 6) is 0.617. The van der Waals surface area contributed by atoms with Crippen molar-refractivity contribution in [1.82, 2.24) is 9.66 Å². The zero-order valence-corrected chi connectivity index (χ0v) is 21.2. The molecule has 2 aromatic carbocycles. The van der Waals surface area contributed by atoms with E-state index in [-0.39, 0.29) is 17.2 Å². The number of carbonyl (C=O) groups excluding carboxylic acids is 1. The average molecular weight is 582 g/mol. The van der Waals surface area contributed by atoms with Crippen molar-refractivity contribution in [3.8, 4) is 5.75 Å². The van der Waals surface area contributed by atoms with Gasteiger partial charge in [-0.15, -0.1) is 0 Å². The Balaban J connectivity index is 1.88. The number of hydrogen-bond acceptors (Lipinski definition) is 5. The molecule has 0 bridgehead atoms. The van der Waals surface area contributed by atoms with Crippen LogP contribution in [0.1, 0.15) is 56.3 Å². The van der Waals surface area contributed by atoms with Gasteiger partial charge in [0.15, 0.2) is 5.75 Å². The number of benzene rings is 2. The van der Waals surface area contributed by atoms with Gasteiger partial charge in [0.2, 0.25) is 0 Å². The molecule has 1 fully saturated rings. The molecule has 0 aliphatic heterocycles. The van der Waals surface area contributed by atoms with Crippen LogP contribution in [0.5, 0.6) is 5.75 Å². The van der Waals surface area contributed by atoms with Crippen LogP contribution in [0.3, 0.4) is 0 Å². The van der Waals surface area contributed by atoms with Gasteiger partial charge in [0.1, 0.15) is 5.82 Å². The van der Waals surface area contributed by atoms with Crippen LogP contribution in [0.2, 0.25) is 5.02 Å². The zero-order valence-electron chi connectivity index (χ0n) is 17.3. The Morgan fingerprint density at radius 2 is 1.97 bits per heavy atom. The van der Waals surface area contributed by atoms with E-state index >= 15 is 0 Å². The smallest absolute Gasteiger partial charge is 0.308 e. The summed E-state index contributed by atoms with van der Waals surface area (Å²) >= 11 is 13.0. The number of carbonyl (C=O) groups is 1. The van der Waals surface area contributed by atoms with Crippen LogP contribution in [0, 0.1) is 0 Å². The summed E-state index contributed by atoms with van der Waals surface area (Å²) in [6.45, 7) is 1.32. The Labute approximate surface area is 206 Å². The SMILES string of the molecule is CC(=O)Oc1c(Br)cc(Cl)cc1C=Nn1c(C2CCCCC2)nc2ccc(Br)cc2c1=O. The summed E-state index contributed by atoms with van der Waals surface area (Å²) in [5.41, 5.74) is 0.870. The third kappa shape index (κ3) is 4.97. The Hall–Kier alpha value is -2.03. The highest BCUT2D eigenvalue weighted by molar-refractivity contribution is 9.10. The van der Waals surface area contributed by atoms with E-state index in [9.17, 15) is 9.59 Å². The zero-order chi connectivity index (χ0) is 22.8. The quantitative estimate of drug-likeness (QED) is 0.202. The molecule has 0 amide bonds. The molecule has 1 aliphatic carbocycles. The fourth-order valence-electron chi connectivity index (χ4n) is 3.95. The number of nitrogens with zero attached hydrogens (tertiary/aromatic N) is 3. The number of esters is 1. The van der Waals surface area contributed by atoms with E-state index in [0.29, 0.717) is 31.8 Å². The van der Waals surface area contributed by atoms with E-state index in [4.69, 9.17) is 21.3 Å². The number of rotatable bonds is 4. The molecule has 4 rings (SSSR count). The van der Waals surface area contributed by atoms with Gasteiger partial charge in [-0.3, -0.25) is 9.59 Å². The topological polar surface area (TPSA) is 73.5 Å². The number of hydrogen-bond donors (Lipinski definition) is 0. The molecule has 1 saturated carbocycles. The molecule has 6 nitrogen and oxygen atoms in total. The predicted molar refractivity (Wildman–Crippen MR) is 133 cm³/mol. The van der Waals surface area contributed by atoms with Gasteiger partial charge in [0.25, 0.3) is 5.56 Å². The van der Waals surface area contributed by atoms with E-state index in [1.165, 1.54) is 24.2 Å². The van der Waals surface area contributed by atoms with Crippen molar-refractivity contribution in [3.05, 3.63) is 66.0 Å². The van der Waals surface area contributed by atoms with E-state index in [0.717, 1.165) is 30.2 Å². The highest BCUT2D eigenvalue weighted by atomic mass is 79.9. The van der Waals surface area contributed by atoms with Gasteiger partial charge in [0.05, 0.1) is 21.6 Å². The van der Waals surface area contributed by atoms with Crippen LogP contribution >= 0.6 is 43.5 Å². The second-order valence-electron chi connectivity index (χ2n) is 7.73. The third-order valence-electron chi connectivity index (χ3n) is 5.40. The van der Waals surface area contributed by atoms with Gasteiger partial charge in [-0.1, -0.05) is 46.8 Å². The molecule has 1 aromatic heterocycles. The minimum atomic E-state index is -0.472. The number of halogens is 3. The monoisotopic (exact) mass is 579 g/mol. The molecule has 0 N–H and O–H groups in total. The molecule has 9 heteroatoms. The number of aromatic nitrogens is 2. The molecule has 1 aliphatic rings. The number of ether oxygens (including phenoxy) is 1. The van der Waals surface area contributed by atoms with Crippen LogP contribution in [-0.2, 0) is 4.79 Å². The third-order valence-corrected chi connectivity index (χ3v) is 6.70. The maximum Gasteiger partial charge on any atom is 0.308 e. The van der Waals surface area contributed by atoms with Crippen molar-refractivity contribution >= 4 is 66.5 Å². The van der Waals surface area contributed by atoms with Crippen molar-refractivity contribution in [2.45, 2.75) is 44.9 Å². The first-order chi connectivity index (χ1) is 15.3. The van der Waals surface area contributed by atoms with E-state index in [1.54, 1.807) is 18.2 Å². The summed E-state index contributed by atoms with van der Waals surface area (Å²) in [6, 6.07) is 8.73. The molecule has 0 spiro atoms. The van der Waals surface area contributed by atoms with Gasteiger partial charge >= 0.3 is 5.97 Å². The van der Waals surface area contributed by atoms with Gasteiger partial charge in [-0.25, -0.2) is 4.98 Å². The van der Waals surface area contributed by atoms with Crippen molar-refractivity contribution in [1.29, 1.82) is 0 Å². The van der Waals surface area contributed by atoms with E-state index in [2.05, 4.69) is 37.0 Å². The number of fused-ring (bicyclic) bond motifs is 1. The fourth-order valence-corrected chi connectivity index (χ4v) is 5.23.